The molecule has 2 heteroatoms. The highest BCUT2D eigenvalue weighted by Crippen LogP contribution is 2.46. The zero-order valence-corrected chi connectivity index (χ0v) is 8.36. The van der Waals surface area contributed by atoms with Crippen molar-refractivity contribution >= 4 is 12.6 Å². The lowest BCUT2D eigenvalue weighted by atomic mass is 10.1. The first-order valence-corrected chi connectivity index (χ1v) is 5.08. The van der Waals surface area contributed by atoms with Crippen LogP contribution in [0.3, 0.4) is 0 Å². The zero-order chi connectivity index (χ0) is 8.32. The largest absolute Gasteiger partial charge is 0.378 e. The summed E-state index contributed by atoms with van der Waals surface area (Å²) in [6.45, 7) is 5.21. The molecule has 66 valence electrons. The first-order valence-electron chi connectivity index (χ1n) is 4.45. The summed E-state index contributed by atoms with van der Waals surface area (Å²) in [5.41, 5.74) is 0.465. The molecule has 0 aromatic rings. The Morgan fingerprint density at radius 2 is 2.18 bits per heavy atom. The predicted octanol–water partition coefficient (Wildman–Crippen LogP) is 2.51. The molecule has 1 aliphatic rings. The van der Waals surface area contributed by atoms with Gasteiger partial charge in [-0.3, -0.25) is 0 Å². The normalized spacial score (nSPS) is 23.2. The molecule has 0 radical (unpaired) electrons. The van der Waals surface area contributed by atoms with E-state index >= 15 is 0 Å². The van der Waals surface area contributed by atoms with Crippen molar-refractivity contribution in [2.75, 3.05) is 12.4 Å². The van der Waals surface area contributed by atoms with Gasteiger partial charge in [0.05, 0.1) is 12.7 Å². The fraction of sp³-hybridized carbons (Fsp3) is 1.00. The smallest absolute Gasteiger partial charge is 0.0544 e. The van der Waals surface area contributed by atoms with Gasteiger partial charge in [-0.1, -0.05) is 6.92 Å². The second-order valence-corrected chi connectivity index (χ2v) is 4.00. The van der Waals surface area contributed by atoms with Crippen molar-refractivity contribution in [2.24, 2.45) is 5.41 Å². The first kappa shape index (κ1) is 9.40. The van der Waals surface area contributed by atoms with Crippen molar-refractivity contribution in [2.45, 2.75) is 39.2 Å². The van der Waals surface area contributed by atoms with Gasteiger partial charge in [0, 0.05) is 5.41 Å². The molecular weight excluding hydrogens is 156 g/mol. The van der Waals surface area contributed by atoms with Gasteiger partial charge in [0.1, 0.15) is 0 Å². The van der Waals surface area contributed by atoms with Crippen molar-refractivity contribution < 1.29 is 4.74 Å². The second-order valence-electron chi connectivity index (χ2n) is 3.69. The van der Waals surface area contributed by atoms with E-state index in [4.69, 9.17) is 4.74 Å². The molecule has 1 rings (SSSR count). The minimum Gasteiger partial charge on any atom is -0.378 e. The molecule has 1 saturated carbocycles. The van der Waals surface area contributed by atoms with Gasteiger partial charge in [-0.05, 0) is 31.9 Å². The molecular formula is C9H18OS. The SMILES string of the molecule is CCC(C)OCC1(CS)CC1. The lowest BCUT2D eigenvalue weighted by molar-refractivity contribution is 0.0366. The molecule has 1 fully saturated rings. The molecule has 0 aromatic carbocycles. The Hall–Kier alpha value is 0.310. The van der Waals surface area contributed by atoms with Crippen molar-refractivity contribution in [1.82, 2.24) is 0 Å². The van der Waals surface area contributed by atoms with Crippen LogP contribution in [0.2, 0.25) is 0 Å². The summed E-state index contributed by atoms with van der Waals surface area (Å²) >= 11 is 4.32. The maximum Gasteiger partial charge on any atom is 0.0544 e. The van der Waals surface area contributed by atoms with Crippen molar-refractivity contribution in [3.8, 4) is 0 Å². The molecule has 0 aromatic heterocycles. The highest BCUT2D eigenvalue weighted by atomic mass is 32.1. The maximum atomic E-state index is 5.66. The molecule has 0 amide bonds. The minimum atomic E-state index is 0.423. The standard InChI is InChI=1S/C9H18OS/c1-3-8(2)10-6-9(7-11)4-5-9/h8,11H,3-7H2,1-2H3. The van der Waals surface area contributed by atoms with Crippen LogP contribution in [0.5, 0.6) is 0 Å². The number of ether oxygens (including phenoxy) is 1. The van der Waals surface area contributed by atoms with Gasteiger partial charge in [-0.25, -0.2) is 0 Å². The quantitative estimate of drug-likeness (QED) is 0.630. The van der Waals surface area contributed by atoms with E-state index in [1.54, 1.807) is 0 Å². The molecule has 0 bridgehead atoms. The zero-order valence-electron chi connectivity index (χ0n) is 7.47. The van der Waals surface area contributed by atoms with E-state index in [9.17, 15) is 0 Å². The van der Waals surface area contributed by atoms with Crippen LogP contribution in [0.4, 0.5) is 0 Å². The Labute approximate surface area is 74.9 Å². The van der Waals surface area contributed by atoms with Crippen LogP contribution in [0.25, 0.3) is 0 Å². The number of rotatable bonds is 5. The summed E-state index contributed by atoms with van der Waals surface area (Å²) in [4.78, 5) is 0. The van der Waals surface area contributed by atoms with Crippen LogP contribution in [-0.2, 0) is 4.74 Å². The van der Waals surface area contributed by atoms with Gasteiger partial charge < -0.3 is 4.74 Å². The third-order valence-corrected chi connectivity index (χ3v) is 3.21. The van der Waals surface area contributed by atoms with Gasteiger partial charge in [0.25, 0.3) is 0 Å². The molecule has 1 atom stereocenters. The summed E-state index contributed by atoms with van der Waals surface area (Å²) in [6, 6.07) is 0. The monoisotopic (exact) mass is 174 g/mol. The number of hydrogen-bond donors (Lipinski definition) is 1. The van der Waals surface area contributed by atoms with Crippen LogP contribution in [0.1, 0.15) is 33.1 Å². The molecule has 0 N–H and O–H groups in total. The van der Waals surface area contributed by atoms with E-state index in [2.05, 4.69) is 26.5 Å². The Kier molecular flexibility index (Phi) is 3.26. The summed E-state index contributed by atoms with van der Waals surface area (Å²) in [7, 11) is 0. The highest BCUT2D eigenvalue weighted by Gasteiger charge is 2.41. The van der Waals surface area contributed by atoms with Gasteiger partial charge >= 0.3 is 0 Å². The fourth-order valence-electron chi connectivity index (χ4n) is 0.962. The Bertz CT molecular complexity index is 121. The molecule has 0 heterocycles. The van der Waals surface area contributed by atoms with E-state index in [1.165, 1.54) is 12.8 Å². The van der Waals surface area contributed by atoms with E-state index < -0.39 is 0 Å². The van der Waals surface area contributed by atoms with E-state index in [0.29, 0.717) is 11.5 Å². The molecule has 0 aliphatic heterocycles. The lowest BCUT2D eigenvalue weighted by Gasteiger charge is -2.16. The van der Waals surface area contributed by atoms with E-state index in [1.807, 2.05) is 0 Å². The van der Waals surface area contributed by atoms with E-state index in [0.717, 1.165) is 18.8 Å². The number of thiol groups is 1. The topological polar surface area (TPSA) is 9.23 Å². The Morgan fingerprint density at radius 3 is 2.55 bits per heavy atom. The van der Waals surface area contributed by atoms with Crippen LogP contribution in [0.15, 0.2) is 0 Å². The van der Waals surface area contributed by atoms with Crippen LogP contribution in [0, 0.1) is 5.41 Å². The van der Waals surface area contributed by atoms with Crippen molar-refractivity contribution in [3.05, 3.63) is 0 Å². The molecule has 1 aliphatic carbocycles. The third kappa shape index (κ3) is 2.68. The second kappa shape index (κ2) is 3.81. The third-order valence-electron chi connectivity index (χ3n) is 2.54. The van der Waals surface area contributed by atoms with Gasteiger partial charge in [-0.2, -0.15) is 12.6 Å². The highest BCUT2D eigenvalue weighted by molar-refractivity contribution is 7.80. The van der Waals surface area contributed by atoms with Crippen molar-refractivity contribution in [1.29, 1.82) is 0 Å². The Morgan fingerprint density at radius 1 is 1.55 bits per heavy atom. The van der Waals surface area contributed by atoms with E-state index in [-0.39, 0.29) is 0 Å². The summed E-state index contributed by atoms with van der Waals surface area (Å²) in [5, 5.41) is 0. The maximum absolute atomic E-state index is 5.66. The minimum absolute atomic E-state index is 0.423. The summed E-state index contributed by atoms with van der Waals surface area (Å²) in [5.74, 6) is 0.990. The number of hydrogen-bond acceptors (Lipinski definition) is 2. The molecule has 1 unspecified atom stereocenters. The average Bonchev–Trinajstić information content (AvgIpc) is 2.81. The predicted molar refractivity (Wildman–Crippen MR) is 51.2 cm³/mol. The van der Waals surface area contributed by atoms with Crippen LogP contribution < -0.4 is 0 Å². The lowest BCUT2D eigenvalue weighted by Crippen LogP contribution is -2.17. The van der Waals surface area contributed by atoms with Gasteiger partial charge in [0.2, 0.25) is 0 Å². The van der Waals surface area contributed by atoms with Crippen LogP contribution in [-0.4, -0.2) is 18.5 Å². The molecule has 0 spiro atoms. The average molecular weight is 174 g/mol. The van der Waals surface area contributed by atoms with Gasteiger partial charge in [0.15, 0.2) is 0 Å². The molecule has 11 heavy (non-hydrogen) atoms. The summed E-state index contributed by atoms with van der Waals surface area (Å²) in [6.07, 6.45) is 4.16. The first-order chi connectivity index (χ1) is 5.22. The van der Waals surface area contributed by atoms with Crippen molar-refractivity contribution in [3.63, 3.8) is 0 Å². The molecule has 1 nitrogen and oxygen atoms in total. The Balaban J connectivity index is 2.11. The van der Waals surface area contributed by atoms with Gasteiger partial charge in [-0.15, -0.1) is 0 Å². The molecule has 0 saturated heterocycles. The summed E-state index contributed by atoms with van der Waals surface area (Å²) < 4.78 is 5.66. The fourth-order valence-corrected chi connectivity index (χ4v) is 1.37. The van der Waals surface area contributed by atoms with Crippen LogP contribution >= 0.6 is 12.6 Å².